The lowest BCUT2D eigenvalue weighted by molar-refractivity contribution is -0.148. The number of sulfonamides is 1. The van der Waals surface area contributed by atoms with Crippen LogP contribution < -0.4 is 5.32 Å². The molecule has 0 saturated heterocycles. The first-order valence-corrected chi connectivity index (χ1v) is 12.5. The fourth-order valence-electron chi connectivity index (χ4n) is 3.97. The van der Waals surface area contributed by atoms with E-state index in [1.807, 2.05) is 24.3 Å². The predicted octanol–water partition coefficient (Wildman–Crippen LogP) is 4.20. The van der Waals surface area contributed by atoms with Gasteiger partial charge in [0, 0.05) is 6.54 Å². The van der Waals surface area contributed by atoms with E-state index in [0.717, 1.165) is 11.1 Å². The molecule has 0 saturated carbocycles. The minimum absolute atomic E-state index is 0.159. The van der Waals surface area contributed by atoms with Crippen LogP contribution in [0.5, 0.6) is 0 Å². The Morgan fingerprint density at radius 1 is 0.971 bits per heavy atom. The summed E-state index contributed by atoms with van der Waals surface area (Å²) in [5, 5.41) is 2.95. The smallest absolute Gasteiger partial charge is 0.308 e. The minimum atomic E-state index is -3.84. The molecule has 1 N–H and O–H groups in total. The molecule has 4 rings (SSSR count). The van der Waals surface area contributed by atoms with Gasteiger partial charge in [0.15, 0.2) is 6.61 Å². The van der Waals surface area contributed by atoms with Gasteiger partial charge in [-0.15, -0.1) is 0 Å². The number of rotatable bonds is 7. The SMILES string of the molecule is O=C(COC(=O)C[C@H]1c2ccccc2CCN1S(=O)(=O)c1ccccc1)Nc1ccccc1Cl. The van der Waals surface area contributed by atoms with Gasteiger partial charge in [-0.1, -0.05) is 66.2 Å². The molecule has 176 valence electrons. The molecule has 0 unspecified atom stereocenters. The molecule has 34 heavy (non-hydrogen) atoms. The number of amides is 1. The average Bonchev–Trinajstić information content (AvgIpc) is 2.85. The summed E-state index contributed by atoms with van der Waals surface area (Å²) in [5.74, 6) is -1.22. The fraction of sp³-hybridized carbons (Fsp3) is 0.200. The van der Waals surface area contributed by atoms with E-state index < -0.39 is 34.5 Å². The Kier molecular flexibility index (Phi) is 7.31. The highest BCUT2D eigenvalue weighted by molar-refractivity contribution is 7.89. The number of hydrogen-bond acceptors (Lipinski definition) is 5. The number of esters is 1. The Balaban J connectivity index is 1.49. The van der Waals surface area contributed by atoms with Crippen LogP contribution in [0.3, 0.4) is 0 Å². The van der Waals surface area contributed by atoms with Crippen molar-refractivity contribution >= 4 is 39.2 Å². The molecule has 1 amide bonds. The van der Waals surface area contributed by atoms with Crippen molar-refractivity contribution < 1.29 is 22.7 Å². The molecule has 1 atom stereocenters. The Bertz CT molecular complexity index is 1300. The predicted molar refractivity (Wildman–Crippen MR) is 129 cm³/mol. The maximum Gasteiger partial charge on any atom is 0.308 e. The molecule has 0 bridgehead atoms. The number of nitrogens with zero attached hydrogens (tertiary/aromatic N) is 1. The molecule has 0 spiro atoms. The number of nitrogens with one attached hydrogen (secondary N) is 1. The molecule has 3 aromatic carbocycles. The zero-order valence-corrected chi connectivity index (χ0v) is 19.8. The van der Waals surface area contributed by atoms with Crippen molar-refractivity contribution in [2.75, 3.05) is 18.5 Å². The highest BCUT2D eigenvalue weighted by Crippen LogP contribution is 2.36. The molecule has 1 aliphatic heterocycles. The van der Waals surface area contributed by atoms with Crippen LogP contribution in [0.1, 0.15) is 23.6 Å². The van der Waals surface area contributed by atoms with Crippen molar-refractivity contribution in [2.24, 2.45) is 0 Å². The number of hydrogen-bond donors (Lipinski definition) is 1. The second-order valence-electron chi connectivity index (χ2n) is 7.79. The van der Waals surface area contributed by atoms with Gasteiger partial charge in [-0.25, -0.2) is 8.42 Å². The lowest BCUT2D eigenvalue weighted by Gasteiger charge is -2.36. The second kappa shape index (κ2) is 10.4. The van der Waals surface area contributed by atoms with Gasteiger partial charge in [-0.05, 0) is 41.8 Å². The van der Waals surface area contributed by atoms with Crippen LogP contribution in [-0.2, 0) is 30.8 Å². The van der Waals surface area contributed by atoms with Gasteiger partial charge >= 0.3 is 5.97 Å². The monoisotopic (exact) mass is 498 g/mol. The number of carbonyl (C=O) groups excluding carboxylic acids is 2. The molecular weight excluding hydrogens is 476 g/mol. The zero-order chi connectivity index (χ0) is 24.1. The molecule has 7 nitrogen and oxygen atoms in total. The van der Waals surface area contributed by atoms with Gasteiger partial charge in [0.05, 0.1) is 28.1 Å². The number of para-hydroxylation sites is 1. The van der Waals surface area contributed by atoms with Gasteiger partial charge in [-0.3, -0.25) is 9.59 Å². The van der Waals surface area contributed by atoms with Crippen molar-refractivity contribution in [3.05, 3.63) is 95.0 Å². The van der Waals surface area contributed by atoms with E-state index in [2.05, 4.69) is 5.32 Å². The van der Waals surface area contributed by atoms with Gasteiger partial charge in [-0.2, -0.15) is 4.31 Å². The third-order valence-corrected chi connectivity index (χ3v) is 7.84. The van der Waals surface area contributed by atoms with Crippen LogP contribution >= 0.6 is 11.6 Å². The van der Waals surface area contributed by atoms with E-state index >= 15 is 0 Å². The molecule has 9 heteroatoms. The first-order valence-electron chi connectivity index (χ1n) is 10.7. The molecule has 0 aromatic heterocycles. The lowest BCUT2D eigenvalue weighted by atomic mass is 9.92. The molecule has 1 aliphatic rings. The Hall–Kier alpha value is -3.20. The van der Waals surface area contributed by atoms with Crippen LogP contribution in [0.25, 0.3) is 0 Å². The Labute approximate surface area is 203 Å². The summed E-state index contributed by atoms with van der Waals surface area (Å²) in [6.07, 6.45) is 0.316. The van der Waals surface area contributed by atoms with E-state index in [4.69, 9.17) is 16.3 Å². The third-order valence-electron chi connectivity index (χ3n) is 5.59. The summed E-state index contributed by atoms with van der Waals surface area (Å²) in [6, 6.07) is 21.5. The van der Waals surface area contributed by atoms with Gasteiger partial charge < -0.3 is 10.1 Å². The van der Waals surface area contributed by atoms with Gasteiger partial charge in [0.1, 0.15) is 0 Å². The molecule has 0 aliphatic carbocycles. The van der Waals surface area contributed by atoms with Crippen molar-refractivity contribution in [3.8, 4) is 0 Å². The van der Waals surface area contributed by atoms with Gasteiger partial charge in [0.2, 0.25) is 10.0 Å². The average molecular weight is 499 g/mol. The number of anilines is 1. The quantitative estimate of drug-likeness (QED) is 0.493. The number of halogens is 1. The maximum absolute atomic E-state index is 13.4. The van der Waals surface area contributed by atoms with E-state index in [0.29, 0.717) is 17.1 Å². The molecule has 0 radical (unpaired) electrons. The van der Waals surface area contributed by atoms with Crippen LogP contribution in [0.4, 0.5) is 5.69 Å². The third kappa shape index (κ3) is 5.30. The highest BCUT2D eigenvalue weighted by atomic mass is 35.5. The number of carbonyl (C=O) groups is 2. The second-order valence-corrected chi connectivity index (χ2v) is 10.1. The summed E-state index contributed by atoms with van der Waals surface area (Å²) >= 11 is 6.03. The summed E-state index contributed by atoms with van der Waals surface area (Å²) in [5.41, 5.74) is 2.15. The van der Waals surface area contributed by atoms with Crippen molar-refractivity contribution in [1.82, 2.24) is 4.31 Å². The van der Waals surface area contributed by atoms with Crippen molar-refractivity contribution in [3.63, 3.8) is 0 Å². The van der Waals surface area contributed by atoms with Crippen LogP contribution in [0.2, 0.25) is 5.02 Å². The Morgan fingerprint density at radius 3 is 2.41 bits per heavy atom. The maximum atomic E-state index is 13.4. The molecule has 0 fully saturated rings. The molecular formula is C25H23ClN2O5S. The first kappa shape index (κ1) is 23.9. The Morgan fingerprint density at radius 2 is 1.65 bits per heavy atom. The lowest BCUT2D eigenvalue weighted by Crippen LogP contribution is -2.41. The molecule has 3 aromatic rings. The summed E-state index contributed by atoms with van der Waals surface area (Å²) in [7, 11) is -3.84. The summed E-state index contributed by atoms with van der Waals surface area (Å²) in [6.45, 7) is -0.275. The zero-order valence-electron chi connectivity index (χ0n) is 18.2. The van der Waals surface area contributed by atoms with Crippen LogP contribution in [0, 0.1) is 0 Å². The van der Waals surface area contributed by atoms with Crippen molar-refractivity contribution in [2.45, 2.75) is 23.8 Å². The minimum Gasteiger partial charge on any atom is -0.456 e. The van der Waals surface area contributed by atoms with Crippen molar-refractivity contribution in [1.29, 1.82) is 0 Å². The number of fused-ring (bicyclic) bond motifs is 1. The molecule has 1 heterocycles. The van der Waals surface area contributed by atoms with Gasteiger partial charge in [0.25, 0.3) is 5.91 Å². The highest BCUT2D eigenvalue weighted by Gasteiger charge is 2.37. The number of benzene rings is 3. The normalized spacial score (nSPS) is 15.9. The topological polar surface area (TPSA) is 92.8 Å². The van der Waals surface area contributed by atoms with E-state index in [9.17, 15) is 18.0 Å². The largest absolute Gasteiger partial charge is 0.456 e. The van der Waals surface area contributed by atoms with E-state index in [-0.39, 0.29) is 17.9 Å². The van der Waals surface area contributed by atoms with E-state index in [1.165, 1.54) is 16.4 Å². The standard InChI is InChI=1S/C25H23ClN2O5S/c26-21-12-6-7-13-22(21)27-24(29)17-33-25(30)16-23-20-11-5-4-8-18(20)14-15-28(23)34(31,32)19-9-2-1-3-10-19/h1-13,23H,14-17H2,(H,27,29)/t23-/m0/s1. The number of ether oxygens (including phenoxy) is 1. The summed E-state index contributed by atoms with van der Waals surface area (Å²) < 4.78 is 33.3. The fourth-order valence-corrected chi connectivity index (χ4v) is 5.78. The van der Waals surface area contributed by atoms with Crippen LogP contribution in [-0.4, -0.2) is 37.8 Å². The van der Waals surface area contributed by atoms with Crippen LogP contribution in [0.15, 0.2) is 83.8 Å². The first-order chi connectivity index (χ1) is 16.4. The van der Waals surface area contributed by atoms with E-state index in [1.54, 1.807) is 42.5 Å². The summed E-state index contributed by atoms with van der Waals surface area (Å²) in [4.78, 5) is 25.1.